The van der Waals surface area contributed by atoms with Crippen LogP contribution in [0.3, 0.4) is 0 Å². The molecule has 0 fully saturated rings. The zero-order valence-corrected chi connectivity index (χ0v) is 8.64. The van der Waals surface area contributed by atoms with E-state index in [9.17, 15) is 0 Å². The lowest BCUT2D eigenvalue weighted by Gasteiger charge is -1.98. The van der Waals surface area contributed by atoms with Crippen molar-refractivity contribution < 1.29 is 4.57 Å². The van der Waals surface area contributed by atoms with Crippen LogP contribution in [0, 0.1) is 6.92 Å². The first-order chi connectivity index (χ1) is 6.29. The van der Waals surface area contributed by atoms with E-state index in [1.165, 1.54) is 16.8 Å². The number of hydrogen-bond acceptors (Lipinski definition) is 1. The summed E-state index contributed by atoms with van der Waals surface area (Å²) >= 11 is 1.73. The van der Waals surface area contributed by atoms with Crippen molar-refractivity contribution in [2.75, 3.05) is 0 Å². The Balaban J connectivity index is 2.59. The normalized spacial score (nSPS) is 10.3. The molecule has 1 heterocycles. The molecule has 0 unspecified atom stereocenters. The van der Waals surface area contributed by atoms with Gasteiger partial charge in [0, 0.05) is 5.56 Å². The third kappa shape index (κ3) is 1.49. The van der Waals surface area contributed by atoms with Crippen molar-refractivity contribution in [1.29, 1.82) is 0 Å². The highest BCUT2D eigenvalue weighted by molar-refractivity contribution is 7.07. The summed E-state index contributed by atoms with van der Waals surface area (Å²) in [5, 5.41) is 2.18. The topological polar surface area (TPSA) is 3.88 Å². The molecule has 0 aliphatic rings. The summed E-state index contributed by atoms with van der Waals surface area (Å²) in [6.45, 7) is 2.15. The minimum Gasteiger partial charge on any atom is -0.191 e. The molecule has 0 aliphatic heterocycles. The fraction of sp³-hybridized carbons (Fsp3) is 0.182. The maximum atomic E-state index is 2.18. The van der Waals surface area contributed by atoms with Crippen molar-refractivity contribution in [3.05, 3.63) is 40.7 Å². The van der Waals surface area contributed by atoms with Crippen LogP contribution in [0.4, 0.5) is 0 Å². The van der Waals surface area contributed by atoms with Crippen molar-refractivity contribution in [1.82, 2.24) is 0 Å². The van der Waals surface area contributed by atoms with Crippen molar-refractivity contribution in [2.45, 2.75) is 6.92 Å². The van der Waals surface area contributed by atoms with E-state index >= 15 is 0 Å². The summed E-state index contributed by atoms with van der Waals surface area (Å²) in [6.07, 6.45) is 0. The summed E-state index contributed by atoms with van der Waals surface area (Å²) in [4.78, 5) is 0. The summed E-state index contributed by atoms with van der Waals surface area (Å²) in [6, 6.07) is 8.47. The number of benzene rings is 1. The van der Waals surface area contributed by atoms with Gasteiger partial charge in [-0.05, 0) is 18.6 Å². The van der Waals surface area contributed by atoms with Gasteiger partial charge < -0.3 is 0 Å². The lowest BCUT2D eigenvalue weighted by molar-refractivity contribution is -0.655. The van der Waals surface area contributed by atoms with Gasteiger partial charge in [0.05, 0.1) is 5.38 Å². The van der Waals surface area contributed by atoms with Gasteiger partial charge in [0.15, 0.2) is 0 Å². The van der Waals surface area contributed by atoms with Crippen LogP contribution in [0.5, 0.6) is 0 Å². The van der Waals surface area contributed by atoms with Crippen LogP contribution < -0.4 is 4.57 Å². The van der Waals surface area contributed by atoms with Crippen LogP contribution in [0.15, 0.2) is 35.2 Å². The average molecular weight is 190 g/mol. The number of rotatable bonds is 1. The van der Waals surface area contributed by atoms with Crippen molar-refractivity contribution in [2.24, 2.45) is 7.05 Å². The van der Waals surface area contributed by atoms with E-state index in [1.54, 1.807) is 11.3 Å². The molecule has 0 bridgehead atoms. The number of aryl methyl sites for hydroxylation is 2. The van der Waals surface area contributed by atoms with E-state index in [-0.39, 0.29) is 0 Å². The van der Waals surface area contributed by atoms with Gasteiger partial charge in [0.1, 0.15) is 7.05 Å². The standard InChI is InChI=1S/C11H12NS/c1-9-5-3-4-6-10(9)11-7-13-8-12(11)2/h3-8H,1-2H3/q+1. The van der Waals surface area contributed by atoms with Gasteiger partial charge in [0.2, 0.25) is 11.2 Å². The predicted octanol–water partition coefficient (Wildman–Crippen LogP) is 2.55. The maximum Gasteiger partial charge on any atom is 0.224 e. The van der Waals surface area contributed by atoms with Crippen LogP contribution in [-0.2, 0) is 7.05 Å². The van der Waals surface area contributed by atoms with Gasteiger partial charge in [-0.2, -0.15) is 4.57 Å². The third-order valence-electron chi connectivity index (χ3n) is 2.20. The molecule has 1 aromatic heterocycles. The second-order valence-corrected chi connectivity index (χ2v) is 3.89. The Kier molecular flexibility index (Phi) is 2.15. The summed E-state index contributed by atoms with van der Waals surface area (Å²) in [5.41, 5.74) is 6.06. The van der Waals surface area contributed by atoms with Crippen LogP contribution in [0.2, 0.25) is 0 Å². The molecule has 0 saturated heterocycles. The SMILES string of the molecule is Cc1ccccc1-c1csc[n+]1C. The molecule has 0 amide bonds. The van der Waals surface area contributed by atoms with Crippen molar-refractivity contribution in [3.63, 3.8) is 0 Å². The van der Waals surface area contributed by atoms with E-state index in [4.69, 9.17) is 0 Å². The summed E-state index contributed by atoms with van der Waals surface area (Å²) < 4.78 is 2.16. The van der Waals surface area contributed by atoms with Gasteiger partial charge in [-0.25, -0.2) is 0 Å². The van der Waals surface area contributed by atoms with E-state index < -0.39 is 0 Å². The average Bonchev–Trinajstić information content (AvgIpc) is 2.52. The zero-order chi connectivity index (χ0) is 9.26. The number of hydrogen-bond donors (Lipinski definition) is 0. The van der Waals surface area contributed by atoms with Gasteiger partial charge in [-0.15, -0.1) is 0 Å². The Hall–Kier alpha value is -1.15. The number of nitrogens with zero attached hydrogens (tertiary/aromatic N) is 1. The predicted molar refractivity (Wildman–Crippen MR) is 55.7 cm³/mol. The molecule has 2 aromatic rings. The molecule has 0 aliphatic carbocycles. The second-order valence-electron chi connectivity index (χ2n) is 3.17. The molecule has 1 aromatic carbocycles. The van der Waals surface area contributed by atoms with Gasteiger partial charge >= 0.3 is 0 Å². The molecule has 1 nitrogen and oxygen atoms in total. The van der Waals surface area contributed by atoms with Crippen LogP contribution in [0.1, 0.15) is 5.56 Å². The monoisotopic (exact) mass is 190 g/mol. The Morgan fingerprint density at radius 2 is 2.00 bits per heavy atom. The maximum absolute atomic E-state index is 2.18. The van der Waals surface area contributed by atoms with Crippen LogP contribution in [-0.4, -0.2) is 0 Å². The summed E-state index contributed by atoms with van der Waals surface area (Å²) in [7, 11) is 2.08. The Morgan fingerprint density at radius 1 is 1.23 bits per heavy atom. The molecule has 2 heteroatoms. The third-order valence-corrected chi connectivity index (χ3v) is 3.00. The number of aromatic nitrogens is 1. The van der Waals surface area contributed by atoms with E-state index in [0.717, 1.165) is 0 Å². The van der Waals surface area contributed by atoms with Crippen molar-refractivity contribution in [3.8, 4) is 11.3 Å². The smallest absolute Gasteiger partial charge is 0.191 e. The second kappa shape index (κ2) is 3.30. The molecular weight excluding hydrogens is 178 g/mol. The molecular formula is C11H12NS+. The molecule has 13 heavy (non-hydrogen) atoms. The molecule has 0 N–H and O–H groups in total. The van der Waals surface area contributed by atoms with E-state index in [1.807, 2.05) is 0 Å². The fourth-order valence-corrected chi connectivity index (χ4v) is 2.22. The molecule has 0 spiro atoms. The van der Waals surface area contributed by atoms with Gasteiger partial charge in [0.25, 0.3) is 0 Å². The first-order valence-electron chi connectivity index (χ1n) is 4.27. The van der Waals surface area contributed by atoms with E-state index in [2.05, 4.69) is 53.7 Å². The highest BCUT2D eigenvalue weighted by Crippen LogP contribution is 2.20. The Morgan fingerprint density at radius 3 is 2.62 bits per heavy atom. The first kappa shape index (κ1) is 8.45. The molecule has 66 valence electrons. The van der Waals surface area contributed by atoms with Gasteiger partial charge in [-0.1, -0.05) is 29.5 Å². The molecule has 0 radical (unpaired) electrons. The van der Waals surface area contributed by atoms with Gasteiger partial charge in [-0.3, -0.25) is 0 Å². The molecule has 2 rings (SSSR count). The fourth-order valence-electron chi connectivity index (χ4n) is 1.44. The first-order valence-corrected chi connectivity index (χ1v) is 5.21. The lowest BCUT2D eigenvalue weighted by atomic mass is 10.1. The molecule has 0 saturated carbocycles. The Labute approximate surface area is 82.3 Å². The Bertz CT molecular complexity index is 418. The van der Waals surface area contributed by atoms with Crippen molar-refractivity contribution >= 4 is 11.3 Å². The number of thiazole rings is 1. The van der Waals surface area contributed by atoms with Crippen LogP contribution >= 0.6 is 11.3 Å². The minimum absolute atomic E-state index is 1.29. The highest BCUT2D eigenvalue weighted by atomic mass is 32.1. The lowest BCUT2D eigenvalue weighted by Crippen LogP contribution is -2.26. The van der Waals surface area contributed by atoms with Crippen LogP contribution in [0.25, 0.3) is 11.3 Å². The minimum atomic E-state index is 1.29. The largest absolute Gasteiger partial charge is 0.224 e. The van der Waals surface area contributed by atoms with E-state index in [0.29, 0.717) is 0 Å². The highest BCUT2D eigenvalue weighted by Gasteiger charge is 2.11. The zero-order valence-electron chi connectivity index (χ0n) is 7.82. The summed E-state index contributed by atoms with van der Waals surface area (Å²) in [5.74, 6) is 0. The quantitative estimate of drug-likeness (QED) is 0.608. The molecule has 0 atom stereocenters.